The number of carbonyl (C=O) groups is 1. The largest absolute Gasteiger partial charge is 0.463 e. The van der Waals surface area contributed by atoms with Crippen LogP contribution in [0.15, 0.2) is 0 Å². The number of ether oxygens (including phenoxy) is 1. The van der Waals surface area contributed by atoms with Gasteiger partial charge >= 0.3 is 6.09 Å². The fraction of sp³-hybridized carbons (Fsp3) is 0.818. The number of piperazine rings is 1. The maximum atomic E-state index is 11.7. The molecule has 0 bridgehead atoms. The molecular weight excluding hydrogens is 192 g/mol. The van der Waals surface area contributed by atoms with Gasteiger partial charge in [-0.3, -0.25) is 4.90 Å². The molecule has 1 rings (SSSR count). The zero-order valence-electron chi connectivity index (χ0n) is 10.2. The fourth-order valence-electron chi connectivity index (χ4n) is 1.57. The van der Waals surface area contributed by atoms with Crippen molar-refractivity contribution in [2.75, 3.05) is 19.6 Å². The predicted molar refractivity (Wildman–Crippen MR) is 58.5 cm³/mol. The summed E-state index contributed by atoms with van der Waals surface area (Å²) in [5.74, 6) is 0. The Labute approximate surface area is 92.2 Å². The first-order valence-corrected chi connectivity index (χ1v) is 5.45. The van der Waals surface area contributed by atoms with Crippen LogP contribution in [0, 0.1) is 7.05 Å². The molecule has 1 saturated heterocycles. The Hall–Kier alpha value is -0.770. The van der Waals surface area contributed by atoms with Gasteiger partial charge in [0.25, 0.3) is 0 Å². The smallest absolute Gasteiger partial charge is 0.410 e. The third kappa shape index (κ3) is 3.70. The highest BCUT2D eigenvalue weighted by Gasteiger charge is 2.28. The molecule has 1 amide bonds. The highest BCUT2D eigenvalue weighted by Crippen LogP contribution is 2.10. The maximum absolute atomic E-state index is 11.7. The molecule has 1 N–H and O–H groups in total. The highest BCUT2D eigenvalue weighted by atomic mass is 16.6. The van der Waals surface area contributed by atoms with E-state index in [2.05, 4.69) is 14.0 Å². The molecule has 1 aliphatic rings. The Balaban J connectivity index is 2.48. The zero-order valence-corrected chi connectivity index (χ0v) is 10.2. The molecule has 0 aromatic heterocycles. The van der Waals surface area contributed by atoms with E-state index in [1.54, 1.807) is 4.90 Å². The van der Waals surface area contributed by atoms with Gasteiger partial charge in [0.1, 0.15) is 5.60 Å². The Morgan fingerprint density at radius 1 is 1.53 bits per heavy atom. The van der Waals surface area contributed by atoms with Gasteiger partial charge in [-0.05, 0) is 27.7 Å². The first kappa shape index (κ1) is 12.3. The summed E-state index contributed by atoms with van der Waals surface area (Å²) in [6.07, 6.45) is -0.207. The summed E-state index contributed by atoms with van der Waals surface area (Å²) in [6.45, 7) is 10.1. The number of hydrogen-bond acceptors (Lipinski definition) is 2. The average Bonchev–Trinajstić information content (AvgIpc) is 2.06. The minimum Gasteiger partial charge on any atom is -0.463 e. The van der Waals surface area contributed by atoms with Crippen LogP contribution in [0.2, 0.25) is 0 Å². The van der Waals surface area contributed by atoms with E-state index in [4.69, 9.17) is 4.74 Å². The van der Waals surface area contributed by atoms with Crippen molar-refractivity contribution in [3.05, 3.63) is 7.05 Å². The lowest BCUT2D eigenvalue weighted by atomic mass is 10.2. The minimum atomic E-state index is -0.408. The van der Waals surface area contributed by atoms with Crippen LogP contribution in [0.3, 0.4) is 0 Å². The molecule has 1 aliphatic heterocycles. The number of hydrogen-bond donors (Lipinski definition) is 1. The normalized spacial score (nSPS) is 27.7. The number of nitrogens with one attached hydrogen (secondary N) is 1. The molecule has 2 atom stereocenters. The zero-order chi connectivity index (χ0) is 11.6. The standard InChI is InChI=1S/C11H22N2O2/c1-9-8-13(7-6-12(9)5)10(14)15-11(2,3)4/h9,12H,5-8H2,1-4H3. The van der Waals surface area contributed by atoms with Crippen molar-refractivity contribution < 1.29 is 14.4 Å². The molecule has 0 radical (unpaired) electrons. The number of nitrogens with zero attached hydrogens (tertiary/aromatic N) is 1. The molecule has 0 aromatic rings. The molecule has 1 heterocycles. The Kier molecular flexibility index (Phi) is 3.60. The van der Waals surface area contributed by atoms with Gasteiger partial charge in [-0.2, -0.15) is 7.05 Å². The first-order valence-electron chi connectivity index (χ1n) is 5.45. The number of carbonyl (C=O) groups excluding carboxylic acids is 1. The topological polar surface area (TPSA) is 34.0 Å². The number of amides is 1. The van der Waals surface area contributed by atoms with E-state index < -0.39 is 5.60 Å². The van der Waals surface area contributed by atoms with Crippen LogP contribution in [-0.2, 0) is 4.74 Å². The van der Waals surface area contributed by atoms with E-state index in [1.807, 2.05) is 20.8 Å². The van der Waals surface area contributed by atoms with E-state index in [0.717, 1.165) is 19.6 Å². The second-order valence-corrected chi connectivity index (χ2v) is 5.24. The van der Waals surface area contributed by atoms with Crippen LogP contribution in [0.4, 0.5) is 4.79 Å². The second kappa shape index (κ2) is 4.39. The third-order valence-electron chi connectivity index (χ3n) is 2.55. The van der Waals surface area contributed by atoms with E-state index in [9.17, 15) is 4.79 Å². The summed E-state index contributed by atoms with van der Waals surface area (Å²) < 4.78 is 5.32. The van der Waals surface area contributed by atoms with Gasteiger partial charge in [-0.1, -0.05) is 0 Å². The predicted octanol–water partition coefficient (Wildman–Crippen LogP) is 0.302. The fourth-order valence-corrected chi connectivity index (χ4v) is 1.57. The molecule has 88 valence electrons. The third-order valence-corrected chi connectivity index (χ3v) is 2.55. The van der Waals surface area contributed by atoms with E-state index in [-0.39, 0.29) is 6.09 Å². The van der Waals surface area contributed by atoms with Crippen molar-refractivity contribution in [1.29, 1.82) is 0 Å². The molecule has 4 nitrogen and oxygen atoms in total. The Morgan fingerprint density at radius 3 is 2.60 bits per heavy atom. The first-order chi connectivity index (χ1) is 6.79. The average molecular weight is 214 g/mol. The summed E-state index contributed by atoms with van der Waals surface area (Å²) in [6, 6.07) is 0.381. The quantitative estimate of drug-likeness (QED) is 0.589. The lowest BCUT2D eigenvalue weighted by molar-refractivity contribution is -0.883. The monoisotopic (exact) mass is 214 g/mol. The molecule has 4 heteroatoms. The lowest BCUT2D eigenvalue weighted by Crippen LogP contribution is -3.13. The number of rotatable bonds is 0. The van der Waals surface area contributed by atoms with Crippen molar-refractivity contribution in [2.45, 2.75) is 39.3 Å². The van der Waals surface area contributed by atoms with Crippen LogP contribution in [0.5, 0.6) is 0 Å². The molecule has 2 unspecified atom stereocenters. The van der Waals surface area contributed by atoms with Crippen molar-refractivity contribution in [1.82, 2.24) is 4.90 Å². The van der Waals surface area contributed by atoms with Crippen molar-refractivity contribution >= 4 is 6.09 Å². The molecule has 1 fully saturated rings. The van der Waals surface area contributed by atoms with Gasteiger partial charge in [0.15, 0.2) is 0 Å². The summed E-state index contributed by atoms with van der Waals surface area (Å²) in [5, 5.41) is 0. The maximum Gasteiger partial charge on any atom is 0.410 e. The van der Waals surface area contributed by atoms with E-state index in [0.29, 0.717) is 6.04 Å². The Morgan fingerprint density at radius 2 is 2.13 bits per heavy atom. The van der Waals surface area contributed by atoms with Crippen LogP contribution in [0.1, 0.15) is 27.7 Å². The van der Waals surface area contributed by atoms with Crippen LogP contribution >= 0.6 is 0 Å². The summed E-state index contributed by atoms with van der Waals surface area (Å²) in [4.78, 5) is 14.7. The van der Waals surface area contributed by atoms with Gasteiger partial charge in [-0.25, -0.2) is 4.79 Å². The second-order valence-electron chi connectivity index (χ2n) is 5.24. The van der Waals surface area contributed by atoms with E-state index in [1.165, 1.54) is 4.90 Å². The van der Waals surface area contributed by atoms with Crippen molar-refractivity contribution in [2.24, 2.45) is 0 Å². The van der Waals surface area contributed by atoms with Gasteiger partial charge in [-0.15, -0.1) is 0 Å². The summed E-state index contributed by atoms with van der Waals surface area (Å²) >= 11 is 0. The van der Waals surface area contributed by atoms with Gasteiger partial charge < -0.3 is 9.64 Å². The van der Waals surface area contributed by atoms with Crippen molar-refractivity contribution in [3.63, 3.8) is 0 Å². The number of quaternary nitrogens is 1. The molecule has 0 aromatic carbocycles. The van der Waals surface area contributed by atoms with Gasteiger partial charge in [0, 0.05) is 0 Å². The highest BCUT2D eigenvalue weighted by molar-refractivity contribution is 5.68. The summed E-state index contributed by atoms with van der Waals surface area (Å²) in [7, 11) is 3.98. The van der Waals surface area contributed by atoms with Crippen molar-refractivity contribution in [3.8, 4) is 0 Å². The van der Waals surface area contributed by atoms with Crippen LogP contribution in [-0.4, -0.2) is 42.3 Å². The Bertz CT molecular complexity index is 235. The molecule has 0 spiro atoms. The molecule has 0 saturated carbocycles. The van der Waals surface area contributed by atoms with Crippen LogP contribution < -0.4 is 4.90 Å². The van der Waals surface area contributed by atoms with E-state index >= 15 is 0 Å². The van der Waals surface area contributed by atoms with Gasteiger partial charge in [0.2, 0.25) is 0 Å². The van der Waals surface area contributed by atoms with Gasteiger partial charge in [0.05, 0.1) is 25.7 Å². The molecule has 0 aliphatic carbocycles. The lowest BCUT2D eigenvalue weighted by Gasteiger charge is -2.39. The molecular formula is C11H22N2O2. The SMILES string of the molecule is [CH2-][NH+]1CCN(C(=O)OC(C)(C)C)CC1C. The molecule has 15 heavy (non-hydrogen) atoms. The minimum absolute atomic E-state index is 0.207. The van der Waals surface area contributed by atoms with Crippen LogP contribution in [0.25, 0.3) is 0 Å². The summed E-state index contributed by atoms with van der Waals surface area (Å²) in [5.41, 5.74) is -0.408.